The largest absolute Gasteiger partial charge is 0.318 e. The molecule has 2 heterocycles. The summed E-state index contributed by atoms with van der Waals surface area (Å²) in [5.41, 5.74) is 8.84. The number of nitro benzene ring substituents is 1. The van der Waals surface area contributed by atoms with Gasteiger partial charge in [-0.05, 0) is 56.3 Å². The number of benzene rings is 2. The molecule has 1 N–H and O–H groups in total. The van der Waals surface area contributed by atoms with Crippen LogP contribution in [-0.4, -0.2) is 20.7 Å². The first-order valence-electron chi connectivity index (χ1n) is 9.10. The Labute approximate surface area is 167 Å². The van der Waals surface area contributed by atoms with Crippen LogP contribution >= 0.6 is 0 Å². The van der Waals surface area contributed by atoms with Crippen LogP contribution in [0.4, 0.5) is 11.4 Å². The summed E-state index contributed by atoms with van der Waals surface area (Å²) in [6, 6.07) is 18.4. The minimum atomic E-state index is -0.426. The summed E-state index contributed by atoms with van der Waals surface area (Å²) in [6.45, 7) is 4.11. The highest BCUT2D eigenvalue weighted by molar-refractivity contribution is 5.84. The van der Waals surface area contributed by atoms with Crippen molar-refractivity contribution in [1.29, 1.82) is 0 Å². The van der Waals surface area contributed by atoms with Crippen LogP contribution in [0.3, 0.4) is 0 Å². The van der Waals surface area contributed by atoms with Crippen LogP contribution in [0, 0.1) is 24.0 Å². The number of nitrogens with one attached hydrogen (secondary N) is 1. The molecule has 0 saturated heterocycles. The molecule has 0 spiro atoms. The third kappa shape index (κ3) is 3.70. The number of aryl methyl sites for hydroxylation is 1. The average Bonchev–Trinajstić information content (AvgIpc) is 3.01. The van der Waals surface area contributed by atoms with Crippen LogP contribution in [0.25, 0.3) is 16.6 Å². The first kappa shape index (κ1) is 18.4. The number of rotatable bonds is 5. The van der Waals surface area contributed by atoms with Crippen molar-refractivity contribution in [2.24, 2.45) is 5.10 Å². The second-order valence-corrected chi connectivity index (χ2v) is 6.72. The van der Waals surface area contributed by atoms with Crippen molar-refractivity contribution in [3.63, 3.8) is 0 Å². The van der Waals surface area contributed by atoms with E-state index in [0.717, 1.165) is 33.5 Å². The molecule has 4 rings (SSSR count). The van der Waals surface area contributed by atoms with Crippen LogP contribution in [-0.2, 0) is 0 Å². The highest BCUT2D eigenvalue weighted by Gasteiger charge is 2.10. The fourth-order valence-corrected chi connectivity index (χ4v) is 3.35. The van der Waals surface area contributed by atoms with E-state index in [0.29, 0.717) is 5.69 Å². The quantitative estimate of drug-likeness (QED) is 0.298. The van der Waals surface area contributed by atoms with Crippen molar-refractivity contribution < 1.29 is 4.92 Å². The SMILES string of the molecule is Cc1cc(/C=N\Nc2ccc([N+](=O)[O-])cc2)c(C)n1-c1ccc2ncccc2c1. The molecule has 7 heteroatoms. The molecular weight excluding hydrogens is 366 g/mol. The second kappa shape index (κ2) is 7.55. The first-order chi connectivity index (χ1) is 14.0. The van der Waals surface area contributed by atoms with Gasteiger partial charge in [0, 0.05) is 46.4 Å². The maximum atomic E-state index is 10.7. The fourth-order valence-electron chi connectivity index (χ4n) is 3.35. The minimum absolute atomic E-state index is 0.0497. The zero-order chi connectivity index (χ0) is 20.4. The Kier molecular flexibility index (Phi) is 4.78. The molecule has 0 bridgehead atoms. The maximum absolute atomic E-state index is 10.7. The number of pyridine rings is 1. The predicted molar refractivity (Wildman–Crippen MR) is 115 cm³/mol. The molecule has 0 atom stereocenters. The first-order valence-corrected chi connectivity index (χ1v) is 9.10. The number of fused-ring (bicyclic) bond motifs is 1. The summed E-state index contributed by atoms with van der Waals surface area (Å²) in [5.74, 6) is 0. The molecule has 0 saturated carbocycles. The van der Waals surface area contributed by atoms with Crippen molar-refractivity contribution in [2.75, 3.05) is 5.43 Å². The van der Waals surface area contributed by atoms with Gasteiger partial charge in [-0.1, -0.05) is 6.07 Å². The topological polar surface area (TPSA) is 85.4 Å². The number of hydrogen-bond acceptors (Lipinski definition) is 5. The zero-order valence-corrected chi connectivity index (χ0v) is 16.0. The molecule has 4 aromatic rings. The van der Waals surface area contributed by atoms with E-state index in [1.807, 2.05) is 19.1 Å². The predicted octanol–water partition coefficient (Wildman–Crippen LogP) is 5.00. The normalized spacial score (nSPS) is 11.2. The van der Waals surface area contributed by atoms with Gasteiger partial charge in [-0.25, -0.2) is 0 Å². The standard InChI is InChI=1S/C22H19N5O2/c1-15-12-18(14-24-25-19-5-7-20(8-6-19)27(28)29)16(2)26(15)21-9-10-22-17(13-21)4-3-11-23-22/h3-14,25H,1-2H3/b24-14-. The van der Waals surface area contributed by atoms with Gasteiger partial charge in [0.05, 0.1) is 22.3 Å². The third-order valence-electron chi connectivity index (χ3n) is 4.79. The molecule has 29 heavy (non-hydrogen) atoms. The van der Waals surface area contributed by atoms with Crippen LogP contribution in [0.1, 0.15) is 17.0 Å². The Hall–Kier alpha value is -4.00. The van der Waals surface area contributed by atoms with Gasteiger partial charge < -0.3 is 4.57 Å². The smallest absolute Gasteiger partial charge is 0.269 e. The molecule has 0 fully saturated rings. The number of aromatic nitrogens is 2. The number of nitrogens with zero attached hydrogens (tertiary/aromatic N) is 4. The molecule has 2 aromatic heterocycles. The summed E-state index contributed by atoms with van der Waals surface area (Å²) in [4.78, 5) is 14.7. The number of hydrazone groups is 1. The van der Waals surface area contributed by atoms with Gasteiger partial charge in [-0.3, -0.25) is 20.5 Å². The summed E-state index contributed by atoms with van der Waals surface area (Å²) in [6.07, 6.45) is 3.55. The molecule has 0 aliphatic carbocycles. The van der Waals surface area contributed by atoms with Gasteiger partial charge in [0.15, 0.2) is 0 Å². The van der Waals surface area contributed by atoms with Gasteiger partial charge in [0.25, 0.3) is 5.69 Å². The molecule has 0 aliphatic rings. The van der Waals surface area contributed by atoms with Crippen molar-refractivity contribution in [1.82, 2.24) is 9.55 Å². The van der Waals surface area contributed by atoms with Gasteiger partial charge in [-0.2, -0.15) is 5.10 Å². The van der Waals surface area contributed by atoms with E-state index in [-0.39, 0.29) is 5.69 Å². The molecule has 0 aliphatic heterocycles. The highest BCUT2D eigenvalue weighted by atomic mass is 16.6. The van der Waals surface area contributed by atoms with Gasteiger partial charge in [0.1, 0.15) is 0 Å². The van der Waals surface area contributed by atoms with E-state index in [2.05, 4.69) is 51.3 Å². The Morgan fingerprint density at radius 3 is 2.66 bits per heavy atom. The van der Waals surface area contributed by atoms with E-state index >= 15 is 0 Å². The Morgan fingerprint density at radius 2 is 1.90 bits per heavy atom. The zero-order valence-electron chi connectivity index (χ0n) is 16.0. The maximum Gasteiger partial charge on any atom is 0.269 e. The van der Waals surface area contributed by atoms with Crippen LogP contribution in [0.15, 0.2) is 72.0 Å². The van der Waals surface area contributed by atoms with E-state index in [1.165, 1.54) is 12.1 Å². The molecule has 7 nitrogen and oxygen atoms in total. The Bertz CT molecular complexity index is 1230. The van der Waals surface area contributed by atoms with Crippen molar-refractivity contribution in [2.45, 2.75) is 13.8 Å². The van der Waals surface area contributed by atoms with E-state index in [9.17, 15) is 10.1 Å². The van der Waals surface area contributed by atoms with Crippen molar-refractivity contribution >= 4 is 28.5 Å². The number of hydrogen-bond donors (Lipinski definition) is 1. The monoisotopic (exact) mass is 385 g/mol. The number of non-ortho nitro benzene ring substituents is 1. The summed E-state index contributed by atoms with van der Waals surface area (Å²) in [7, 11) is 0. The highest BCUT2D eigenvalue weighted by Crippen LogP contribution is 2.23. The molecule has 0 unspecified atom stereocenters. The molecule has 0 amide bonds. The molecular formula is C22H19N5O2. The lowest BCUT2D eigenvalue weighted by atomic mass is 10.2. The van der Waals surface area contributed by atoms with Crippen molar-refractivity contribution in [3.8, 4) is 5.69 Å². The molecule has 0 radical (unpaired) electrons. The Balaban J connectivity index is 1.57. The third-order valence-corrected chi connectivity index (χ3v) is 4.79. The van der Waals surface area contributed by atoms with E-state index in [1.54, 1.807) is 24.5 Å². The average molecular weight is 385 g/mol. The van der Waals surface area contributed by atoms with E-state index < -0.39 is 4.92 Å². The Morgan fingerprint density at radius 1 is 1.10 bits per heavy atom. The van der Waals surface area contributed by atoms with Crippen LogP contribution in [0.5, 0.6) is 0 Å². The summed E-state index contributed by atoms with van der Waals surface area (Å²) in [5, 5.41) is 16.1. The number of nitro groups is 1. The van der Waals surface area contributed by atoms with Crippen LogP contribution in [0.2, 0.25) is 0 Å². The van der Waals surface area contributed by atoms with Crippen molar-refractivity contribution in [3.05, 3.63) is 93.9 Å². The molecule has 144 valence electrons. The molecule has 2 aromatic carbocycles. The fraction of sp³-hybridized carbons (Fsp3) is 0.0909. The lowest BCUT2D eigenvalue weighted by Crippen LogP contribution is -2.00. The summed E-state index contributed by atoms with van der Waals surface area (Å²) >= 11 is 0. The van der Waals surface area contributed by atoms with Gasteiger partial charge in [0.2, 0.25) is 0 Å². The minimum Gasteiger partial charge on any atom is -0.318 e. The van der Waals surface area contributed by atoms with Gasteiger partial charge in [-0.15, -0.1) is 0 Å². The van der Waals surface area contributed by atoms with E-state index in [4.69, 9.17) is 0 Å². The lowest BCUT2D eigenvalue weighted by molar-refractivity contribution is -0.384. The van der Waals surface area contributed by atoms with Crippen LogP contribution < -0.4 is 5.43 Å². The lowest BCUT2D eigenvalue weighted by Gasteiger charge is -2.10. The number of anilines is 1. The second-order valence-electron chi connectivity index (χ2n) is 6.72. The summed E-state index contributed by atoms with van der Waals surface area (Å²) < 4.78 is 2.18. The van der Waals surface area contributed by atoms with Gasteiger partial charge >= 0.3 is 0 Å².